The molecule has 0 fully saturated rings. The zero-order valence-electron chi connectivity index (χ0n) is 14.0. The SMILES string of the molecule is COc1ccc2[nH]c([S+]([O-])Cc3ncc(C)c(OC)c3C)nc2c1.[KH]. The maximum atomic E-state index is 12.7. The normalized spacial score (nSPS) is 11.9. The Bertz CT molecular complexity index is 885. The van der Waals surface area contributed by atoms with Crippen molar-refractivity contribution in [3.05, 3.63) is 41.2 Å². The fraction of sp³-hybridized carbons (Fsp3) is 0.294. The molecule has 1 atom stereocenters. The van der Waals surface area contributed by atoms with E-state index < -0.39 is 11.2 Å². The number of rotatable bonds is 5. The quantitative estimate of drug-likeness (QED) is 0.538. The number of ether oxygens (including phenoxy) is 2. The summed E-state index contributed by atoms with van der Waals surface area (Å²) >= 11 is -1.33. The molecule has 128 valence electrons. The van der Waals surface area contributed by atoms with Crippen LogP contribution < -0.4 is 9.47 Å². The number of methoxy groups -OCH3 is 2. The monoisotopic (exact) mass is 385 g/mol. The third kappa shape index (κ3) is 4.39. The second-order valence-corrected chi connectivity index (χ2v) is 6.83. The summed E-state index contributed by atoms with van der Waals surface area (Å²) in [4.78, 5) is 11.9. The standard InChI is InChI=1S/C17H19N3O3S.K.H/c1-10-8-18-15(11(2)16(10)23-4)9-24(21)17-19-13-6-5-12(22-3)7-14(13)20-17;;/h5-8H,9H2,1-4H3,(H,19,20);;. The van der Waals surface area contributed by atoms with E-state index in [9.17, 15) is 4.55 Å². The van der Waals surface area contributed by atoms with Crippen LogP contribution in [0, 0.1) is 13.8 Å². The van der Waals surface area contributed by atoms with Gasteiger partial charge in [-0.15, -0.1) is 0 Å². The van der Waals surface area contributed by atoms with Gasteiger partial charge in [0.05, 0.1) is 30.9 Å². The number of H-pyrrole nitrogens is 1. The molecule has 0 aliphatic heterocycles. The van der Waals surface area contributed by atoms with Crippen LogP contribution >= 0.6 is 0 Å². The number of pyridine rings is 1. The first-order valence-corrected chi connectivity index (χ1v) is 8.76. The van der Waals surface area contributed by atoms with E-state index >= 15 is 0 Å². The molecule has 0 radical (unpaired) electrons. The van der Waals surface area contributed by atoms with Crippen LogP contribution in [0.2, 0.25) is 0 Å². The molecule has 0 amide bonds. The number of imidazole rings is 1. The summed E-state index contributed by atoms with van der Waals surface area (Å²) in [5, 5.41) is 0.430. The van der Waals surface area contributed by atoms with Crippen molar-refractivity contribution in [3.8, 4) is 11.5 Å². The van der Waals surface area contributed by atoms with Crippen LogP contribution in [0.5, 0.6) is 11.5 Å². The molecule has 0 saturated carbocycles. The summed E-state index contributed by atoms with van der Waals surface area (Å²) in [6, 6.07) is 5.51. The van der Waals surface area contributed by atoms with Crippen LogP contribution in [0.4, 0.5) is 0 Å². The molecule has 0 spiro atoms. The van der Waals surface area contributed by atoms with Crippen molar-refractivity contribution >= 4 is 73.6 Å². The number of nitrogens with one attached hydrogen (secondary N) is 1. The van der Waals surface area contributed by atoms with E-state index in [1.807, 2.05) is 32.0 Å². The van der Waals surface area contributed by atoms with Crippen molar-refractivity contribution in [3.63, 3.8) is 0 Å². The molecule has 25 heavy (non-hydrogen) atoms. The van der Waals surface area contributed by atoms with Gasteiger partial charge in [-0.25, -0.2) is 0 Å². The van der Waals surface area contributed by atoms with E-state index in [4.69, 9.17) is 9.47 Å². The van der Waals surface area contributed by atoms with E-state index in [1.54, 1.807) is 20.4 Å². The van der Waals surface area contributed by atoms with Gasteiger partial charge in [0.1, 0.15) is 11.5 Å². The first kappa shape index (κ1) is 20.7. The van der Waals surface area contributed by atoms with E-state index in [1.165, 1.54) is 0 Å². The predicted octanol–water partition coefficient (Wildman–Crippen LogP) is 2.25. The molecule has 1 aromatic carbocycles. The first-order chi connectivity index (χ1) is 11.5. The van der Waals surface area contributed by atoms with Crippen molar-refractivity contribution in [1.82, 2.24) is 15.0 Å². The Morgan fingerprint density at radius 3 is 2.64 bits per heavy atom. The third-order valence-corrected chi connectivity index (χ3v) is 5.06. The molecule has 0 bridgehead atoms. The van der Waals surface area contributed by atoms with Crippen molar-refractivity contribution in [2.75, 3.05) is 14.2 Å². The molecule has 1 N–H and O–H groups in total. The minimum atomic E-state index is -1.33. The summed E-state index contributed by atoms with van der Waals surface area (Å²) in [5.41, 5.74) is 4.16. The number of aromatic amines is 1. The van der Waals surface area contributed by atoms with E-state index in [0.717, 1.165) is 33.6 Å². The molecule has 2 heterocycles. The molecule has 8 heteroatoms. The van der Waals surface area contributed by atoms with Gasteiger partial charge in [0, 0.05) is 34.6 Å². The van der Waals surface area contributed by atoms with E-state index in [2.05, 4.69) is 15.0 Å². The van der Waals surface area contributed by atoms with Gasteiger partial charge in [0.2, 0.25) is 0 Å². The summed E-state index contributed by atoms with van der Waals surface area (Å²) in [6.07, 6.45) is 1.74. The maximum absolute atomic E-state index is 12.7. The van der Waals surface area contributed by atoms with Gasteiger partial charge >= 0.3 is 56.5 Å². The third-order valence-electron chi connectivity index (χ3n) is 3.90. The zero-order valence-corrected chi connectivity index (χ0v) is 14.9. The molecule has 1 unspecified atom stereocenters. The first-order valence-electron chi connectivity index (χ1n) is 7.44. The molecule has 0 aliphatic carbocycles. The Labute approximate surface area is 192 Å². The second kappa shape index (κ2) is 8.85. The summed E-state index contributed by atoms with van der Waals surface area (Å²) in [7, 11) is 3.23. The van der Waals surface area contributed by atoms with Gasteiger partial charge in [-0.1, -0.05) is 0 Å². The molecule has 3 aromatic rings. The number of fused-ring (bicyclic) bond motifs is 1. The molecular formula is C17H20KN3O3S. The van der Waals surface area contributed by atoms with Crippen LogP contribution in [0.25, 0.3) is 11.0 Å². The molecule has 3 rings (SSSR count). The fourth-order valence-electron chi connectivity index (χ4n) is 2.61. The van der Waals surface area contributed by atoms with E-state index in [-0.39, 0.29) is 57.1 Å². The van der Waals surface area contributed by atoms with Gasteiger partial charge in [0.25, 0.3) is 0 Å². The predicted molar refractivity (Wildman–Crippen MR) is 100 cm³/mol. The van der Waals surface area contributed by atoms with Crippen molar-refractivity contribution in [1.29, 1.82) is 0 Å². The summed E-state index contributed by atoms with van der Waals surface area (Å²) in [6.45, 7) is 3.86. The van der Waals surface area contributed by atoms with Crippen molar-refractivity contribution in [2.45, 2.75) is 24.8 Å². The Kier molecular flexibility index (Phi) is 7.33. The van der Waals surface area contributed by atoms with Crippen LogP contribution in [0.15, 0.2) is 29.6 Å². The number of hydrogen-bond acceptors (Lipinski definition) is 5. The molecule has 0 aliphatic rings. The van der Waals surface area contributed by atoms with Gasteiger partial charge in [-0.2, -0.15) is 4.98 Å². The average molecular weight is 386 g/mol. The molecular weight excluding hydrogens is 365 g/mol. The number of hydrogen-bond donors (Lipinski definition) is 1. The van der Waals surface area contributed by atoms with Crippen LogP contribution in [-0.4, -0.2) is 85.1 Å². The summed E-state index contributed by atoms with van der Waals surface area (Å²) in [5.74, 6) is 1.78. The zero-order chi connectivity index (χ0) is 17.3. The topological polar surface area (TPSA) is 83.1 Å². The molecule has 6 nitrogen and oxygen atoms in total. The Morgan fingerprint density at radius 2 is 1.96 bits per heavy atom. The number of benzene rings is 1. The molecule has 0 saturated heterocycles. The van der Waals surface area contributed by atoms with Gasteiger partial charge in [-0.05, 0) is 26.0 Å². The van der Waals surface area contributed by atoms with Gasteiger partial charge < -0.3 is 14.0 Å². The summed E-state index contributed by atoms with van der Waals surface area (Å²) < 4.78 is 23.3. The number of aryl methyl sites for hydroxylation is 1. The van der Waals surface area contributed by atoms with Crippen molar-refractivity contribution in [2.24, 2.45) is 0 Å². The average Bonchev–Trinajstić information content (AvgIpc) is 3.01. The van der Waals surface area contributed by atoms with Crippen molar-refractivity contribution < 1.29 is 14.0 Å². The second-order valence-electron chi connectivity index (χ2n) is 5.46. The fourth-order valence-corrected chi connectivity index (χ4v) is 3.71. The molecule has 2 aromatic heterocycles. The van der Waals surface area contributed by atoms with Gasteiger partial charge in [-0.3, -0.25) is 9.97 Å². The Balaban J connectivity index is 0.00000225. The Morgan fingerprint density at radius 1 is 1.20 bits per heavy atom. The van der Waals surface area contributed by atoms with E-state index in [0.29, 0.717) is 10.9 Å². The number of aromatic nitrogens is 3. The van der Waals surface area contributed by atoms with Gasteiger partial charge in [0.15, 0.2) is 5.75 Å². The van der Waals surface area contributed by atoms with Crippen LogP contribution in [-0.2, 0) is 16.9 Å². The van der Waals surface area contributed by atoms with Crippen LogP contribution in [0.1, 0.15) is 16.8 Å². The van der Waals surface area contributed by atoms with Crippen LogP contribution in [0.3, 0.4) is 0 Å². The number of nitrogens with zero attached hydrogens (tertiary/aromatic N) is 2. The Hall–Kier alpha value is -0.614. The minimum absolute atomic E-state index is 0.